The molecule has 3 N–H and O–H groups in total. The van der Waals surface area contributed by atoms with Crippen molar-refractivity contribution in [1.29, 1.82) is 0 Å². The molecule has 3 atom stereocenters. The first kappa shape index (κ1) is 30.7. The molecule has 222 valence electrons. The van der Waals surface area contributed by atoms with Gasteiger partial charge in [-0.1, -0.05) is 24.8 Å². The number of aliphatic hydroxyl groups excluding tert-OH is 1. The van der Waals surface area contributed by atoms with E-state index >= 15 is 0 Å². The van der Waals surface area contributed by atoms with Crippen LogP contribution in [0.3, 0.4) is 0 Å². The van der Waals surface area contributed by atoms with Crippen molar-refractivity contribution in [2.75, 3.05) is 39.2 Å². The number of hydrogen-bond acceptors (Lipinski definition) is 7. The van der Waals surface area contributed by atoms with Gasteiger partial charge in [-0.25, -0.2) is 13.2 Å². The Hall–Kier alpha value is -3.30. The molecule has 10 nitrogen and oxygen atoms in total. The van der Waals surface area contributed by atoms with Crippen LogP contribution < -0.4 is 14.8 Å². The molecule has 2 aliphatic rings. The number of carbonyl (C=O) groups is 1. The molecule has 1 heterocycles. The summed E-state index contributed by atoms with van der Waals surface area (Å²) in [7, 11) is -0.828. The van der Waals surface area contributed by atoms with Crippen molar-refractivity contribution in [3.05, 3.63) is 48.0 Å². The molecule has 0 spiro atoms. The Morgan fingerprint density at radius 3 is 2.68 bits per heavy atom. The van der Waals surface area contributed by atoms with Crippen molar-refractivity contribution >= 4 is 21.7 Å². The number of hydrogen-bond donors (Lipinski definition) is 3. The average molecular weight is 586 g/mol. The minimum atomic E-state index is -4.02. The molecule has 0 bridgehead atoms. The quantitative estimate of drug-likeness (QED) is 0.444. The van der Waals surface area contributed by atoms with Crippen LogP contribution in [0.1, 0.15) is 45.1 Å². The van der Waals surface area contributed by atoms with Crippen molar-refractivity contribution < 1.29 is 32.9 Å². The van der Waals surface area contributed by atoms with Crippen LogP contribution in [0.2, 0.25) is 0 Å². The fourth-order valence-electron chi connectivity index (χ4n) is 5.07. The zero-order valence-corrected chi connectivity index (χ0v) is 24.8. The van der Waals surface area contributed by atoms with Gasteiger partial charge in [-0.3, -0.25) is 0 Å². The summed E-state index contributed by atoms with van der Waals surface area (Å²) in [5.41, 5.74) is 0.0389. The monoisotopic (exact) mass is 585 g/mol. The van der Waals surface area contributed by atoms with Gasteiger partial charge in [0.1, 0.15) is 28.1 Å². The van der Waals surface area contributed by atoms with Gasteiger partial charge >= 0.3 is 6.03 Å². The number of likely N-dealkylation sites (N-methyl/N-ethyl adjacent to an activating group) is 1. The highest BCUT2D eigenvalue weighted by atomic mass is 32.2. The third-order valence-electron chi connectivity index (χ3n) is 7.66. The zero-order chi connectivity index (χ0) is 29.8. The summed E-state index contributed by atoms with van der Waals surface area (Å²) >= 11 is 0. The molecular formula is C30H39N3O7S. The lowest BCUT2D eigenvalue weighted by Gasteiger charge is -2.37. The topological polar surface area (TPSA) is 129 Å². The Balaban J connectivity index is 1.64. The van der Waals surface area contributed by atoms with E-state index in [4.69, 9.17) is 9.47 Å². The first-order valence-corrected chi connectivity index (χ1v) is 15.2. The second kappa shape index (κ2) is 12.7. The number of methoxy groups -OCH3 is 1. The molecule has 2 aromatic carbocycles. The Labute approximate surface area is 242 Å². The summed E-state index contributed by atoms with van der Waals surface area (Å²) in [6, 6.07) is 10.6. The van der Waals surface area contributed by atoms with E-state index < -0.39 is 27.8 Å². The number of fused-ring (bicyclic) bond motifs is 1. The standard InChI is InChI=1S/C30H39N3O7S/c1-21-18-33(22(2)20-34)41(37,38)28-11-10-23(12-15-30(36)13-5-6-14-30)16-26(28)40-27(21)19-32(3)29(35)31-24-8-7-9-25(17-24)39-4/h7-11,16-17,21-22,27,34,36H,5-6,13-14,18-20H2,1-4H3,(H,31,35)/t21-,22+,27+/m0/s1. The van der Waals surface area contributed by atoms with E-state index in [1.54, 1.807) is 57.5 Å². The first-order valence-electron chi connectivity index (χ1n) is 13.8. The lowest BCUT2D eigenvalue weighted by molar-refractivity contribution is 0.0830. The highest BCUT2D eigenvalue weighted by molar-refractivity contribution is 7.89. The third kappa shape index (κ3) is 7.13. The molecule has 11 heteroatoms. The zero-order valence-electron chi connectivity index (χ0n) is 24.0. The van der Waals surface area contributed by atoms with Crippen molar-refractivity contribution in [3.63, 3.8) is 0 Å². The first-order chi connectivity index (χ1) is 19.5. The van der Waals surface area contributed by atoms with Crippen molar-refractivity contribution in [1.82, 2.24) is 9.21 Å². The molecule has 4 rings (SSSR count). The lowest BCUT2D eigenvalue weighted by atomic mass is 10.0. The Bertz CT molecular complexity index is 1410. The van der Waals surface area contributed by atoms with Gasteiger partial charge in [0.05, 0.1) is 20.3 Å². The van der Waals surface area contributed by atoms with Gasteiger partial charge in [-0.2, -0.15) is 4.31 Å². The maximum absolute atomic E-state index is 13.7. The SMILES string of the molecule is COc1cccc(NC(=O)N(C)C[C@H]2Oc3cc(C#CC4(O)CCCC4)ccc3S(=O)(=O)N([C@H](C)CO)C[C@@H]2C)c1. The van der Waals surface area contributed by atoms with E-state index in [-0.39, 0.29) is 42.3 Å². The fraction of sp³-hybridized carbons (Fsp3) is 0.500. The molecule has 2 aromatic rings. The van der Waals surface area contributed by atoms with Crippen molar-refractivity contribution in [2.45, 2.75) is 62.2 Å². The number of benzene rings is 2. The highest BCUT2D eigenvalue weighted by Gasteiger charge is 2.38. The van der Waals surface area contributed by atoms with Crippen LogP contribution in [0.5, 0.6) is 11.5 Å². The summed E-state index contributed by atoms with van der Waals surface area (Å²) in [5.74, 6) is 6.33. The predicted molar refractivity (Wildman–Crippen MR) is 155 cm³/mol. The molecule has 2 amide bonds. The van der Waals surface area contributed by atoms with Crippen LogP contribution in [-0.4, -0.2) is 85.5 Å². The normalized spacial score (nSPS) is 22.1. The van der Waals surface area contributed by atoms with E-state index in [2.05, 4.69) is 17.2 Å². The number of sulfonamides is 1. The van der Waals surface area contributed by atoms with Crippen LogP contribution in [0.4, 0.5) is 10.5 Å². The number of aliphatic hydroxyl groups is 2. The van der Waals surface area contributed by atoms with E-state index in [9.17, 15) is 23.4 Å². The number of urea groups is 1. The molecule has 1 fully saturated rings. The largest absolute Gasteiger partial charge is 0.497 e. The number of amides is 2. The van der Waals surface area contributed by atoms with Crippen LogP contribution >= 0.6 is 0 Å². The van der Waals surface area contributed by atoms with Crippen LogP contribution in [0.25, 0.3) is 0 Å². The Kier molecular flexibility index (Phi) is 9.49. The van der Waals surface area contributed by atoms with Gasteiger partial charge in [0.2, 0.25) is 10.0 Å². The van der Waals surface area contributed by atoms with Crippen LogP contribution in [0.15, 0.2) is 47.4 Å². The van der Waals surface area contributed by atoms with Crippen LogP contribution in [-0.2, 0) is 10.0 Å². The maximum Gasteiger partial charge on any atom is 0.321 e. The van der Waals surface area contributed by atoms with E-state index in [0.29, 0.717) is 29.8 Å². The van der Waals surface area contributed by atoms with Gasteiger partial charge < -0.3 is 29.9 Å². The van der Waals surface area contributed by atoms with E-state index in [1.165, 1.54) is 15.3 Å². The maximum atomic E-state index is 13.7. The van der Waals surface area contributed by atoms with Crippen molar-refractivity contribution in [2.24, 2.45) is 5.92 Å². The molecule has 41 heavy (non-hydrogen) atoms. The highest BCUT2D eigenvalue weighted by Crippen LogP contribution is 2.35. The molecule has 0 aromatic heterocycles. The summed E-state index contributed by atoms with van der Waals surface area (Å²) in [6.07, 6.45) is 2.45. The summed E-state index contributed by atoms with van der Waals surface area (Å²) in [6.45, 7) is 3.41. The van der Waals surface area contributed by atoms with Gasteiger partial charge in [0, 0.05) is 42.9 Å². The number of ether oxygens (including phenoxy) is 2. The molecular weight excluding hydrogens is 546 g/mol. The fourth-order valence-corrected chi connectivity index (χ4v) is 6.89. The predicted octanol–water partition coefficient (Wildman–Crippen LogP) is 3.28. The Morgan fingerprint density at radius 1 is 1.27 bits per heavy atom. The molecule has 1 aliphatic carbocycles. The lowest BCUT2D eigenvalue weighted by Crippen LogP contribution is -2.50. The molecule has 1 saturated carbocycles. The second-order valence-corrected chi connectivity index (χ2v) is 12.8. The third-order valence-corrected chi connectivity index (χ3v) is 9.68. The number of carbonyl (C=O) groups excluding carboxylic acids is 1. The summed E-state index contributed by atoms with van der Waals surface area (Å²) in [5, 5.41) is 23.4. The minimum absolute atomic E-state index is 0.0386. The molecule has 0 saturated heterocycles. The number of rotatable bonds is 6. The van der Waals surface area contributed by atoms with Crippen molar-refractivity contribution in [3.8, 4) is 23.3 Å². The van der Waals surface area contributed by atoms with Crippen LogP contribution in [0, 0.1) is 17.8 Å². The van der Waals surface area contributed by atoms with Gasteiger partial charge in [-0.05, 0) is 62.9 Å². The molecule has 0 radical (unpaired) electrons. The van der Waals surface area contributed by atoms with E-state index in [1.807, 2.05) is 6.92 Å². The molecule has 0 unspecified atom stereocenters. The summed E-state index contributed by atoms with van der Waals surface area (Å²) < 4.78 is 40.3. The Morgan fingerprint density at radius 2 is 2.00 bits per heavy atom. The minimum Gasteiger partial charge on any atom is -0.497 e. The number of anilines is 1. The smallest absolute Gasteiger partial charge is 0.321 e. The number of nitrogens with one attached hydrogen (secondary N) is 1. The van der Waals surface area contributed by atoms with Gasteiger partial charge in [0.15, 0.2) is 0 Å². The second-order valence-electron chi connectivity index (χ2n) is 10.9. The van der Waals surface area contributed by atoms with E-state index in [0.717, 1.165) is 12.8 Å². The number of nitrogens with zero attached hydrogens (tertiary/aromatic N) is 2. The molecule has 1 aliphatic heterocycles. The average Bonchev–Trinajstić information content (AvgIpc) is 3.39. The van der Waals surface area contributed by atoms with Gasteiger partial charge in [-0.15, -0.1) is 0 Å². The summed E-state index contributed by atoms with van der Waals surface area (Å²) in [4.78, 5) is 14.5. The van der Waals surface area contributed by atoms with Gasteiger partial charge in [0.25, 0.3) is 0 Å².